The van der Waals surface area contributed by atoms with E-state index in [0.29, 0.717) is 12.1 Å². The first kappa shape index (κ1) is 12.9. The zero-order chi connectivity index (χ0) is 11.3. The van der Waals surface area contributed by atoms with Gasteiger partial charge in [-0.15, -0.1) is 0 Å². The van der Waals surface area contributed by atoms with Gasteiger partial charge in [0.25, 0.3) is 0 Å². The van der Waals surface area contributed by atoms with Gasteiger partial charge in [0.2, 0.25) is 0 Å². The fraction of sp³-hybridized carbons (Fsp3) is 1.00. The maximum Gasteiger partial charge on any atom is 0.0615 e. The van der Waals surface area contributed by atoms with Crippen molar-refractivity contribution in [3.05, 3.63) is 0 Å². The van der Waals surface area contributed by atoms with Crippen LogP contribution in [0.1, 0.15) is 19.8 Å². The number of nitrogens with zero attached hydrogens (tertiary/aromatic N) is 1. The van der Waals surface area contributed by atoms with Crippen molar-refractivity contribution >= 4 is 0 Å². The summed E-state index contributed by atoms with van der Waals surface area (Å²) in [4.78, 5) is 2.22. The van der Waals surface area contributed by atoms with Crippen molar-refractivity contribution in [2.45, 2.75) is 37.9 Å². The van der Waals surface area contributed by atoms with Crippen LogP contribution < -0.4 is 5.32 Å². The minimum atomic E-state index is 0.196. The molecule has 4 nitrogen and oxygen atoms in total. The van der Waals surface area contributed by atoms with Gasteiger partial charge < -0.3 is 15.2 Å². The Labute approximate surface area is 92.6 Å². The molecule has 0 radical (unpaired) electrons. The second-order valence-corrected chi connectivity index (χ2v) is 4.56. The summed E-state index contributed by atoms with van der Waals surface area (Å²) >= 11 is 0. The van der Waals surface area contributed by atoms with Gasteiger partial charge in [-0.25, -0.2) is 0 Å². The van der Waals surface area contributed by atoms with Crippen LogP contribution in [0.5, 0.6) is 0 Å². The summed E-state index contributed by atoms with van der Waals surface area (Å²) < 4.78 is 5.11. The molecule has 0 aromatic carbocycles. The zero-order valence-corrected chi connectivity index (χ0v) is 10.1. The molecule has 2 unspecified atom stereocenters. The first-order chi connectivity index (χ1) is 7.17. The highest BCUT2D eigenvalue weighted by atomic mass is 16.5. The third-order valence-corrected chi connectivity index (χ3v) is 2.94. The van der Waals surface area contributed by atoms with Crippen LogP contribution in [0.15, 0.2) is 0 Å². The predicted octanol–water partition coefficient (Wildman–Crippen LogP) is 0.0660. The van der Waals surface area contributed by atoms with Crippen molar-refractivity contribution in [3.8, 4) is 0 Å². The summed E-state index contributed by atoms with van der Waals surface area (Å²) in [7, 11) is 3.79. The van der Waals surface area contributed by atoms with Crippen molar-refractivity contribution in [2.75, 3.05) is 33.9 Å². The highest BCUT2D eigenvalue weighted by Gasteiger charge is 2.25. The Balaban J connectivity index is 2.22. The van der Waals surface area contributed by atoms with Crippen LogP contribution in [0, 0.1) is 0 Å². The zero-order valence-electron chi connectivity index (χ0n) is 10.1. The molecule has 0 spiro atoms. The first-order valence-electron chi connectivity index (χ1n) is 5.73. The van der Waals surface area contributed by atoms with Gasteiger partial charge in [0, 0.05) is 31.8 Å². The third-order valence-electron chi connectivity index (χ3n) is 2.94. The van der Waals surface area contributed by atoms with Gasteiger partial charge in [-0.1, -0.05) is 0 Å². The smallest absolute Gasteiger partial charge is 0.0615 e. The van der Waals surface area contributed by atoms with Crippen LogP contribution >= 0.6 is 0 Å². The second kappa shape index (κ2) is 6.43. The Kier molecular flexibility index (Phi) is 5.53. The molecule has 2 N–H and O–H groups in total. The monoisotopic (exact) mass is 216 g/mol. The largest absolute Gasteiger partial charge is 0.395 e. The fourth-order valence-corrected chi connectivity index (χ4v) is 1.64. The minimum absolute atomic E-state index is 0.196. The Morgan fingerprint density at radius 2 is 2.20 bits per heavy atom. The van der Waals surface area contributed by atoms with Crippen molar-refractivity contribution < 1.29 is 9.84 Å². The average Bonchev–Trinajstić information content (AvgIpc) is 3.00. The molecule has 0 bridgehead atoms. The quantitative estimate of drug-likeness (QED) is 0.602. The molecule has 0 heterocycles. The Bertz CT molecular complexity index is 174. The van der Waals surface area contributed by atoms with E-state index in [4.69, 9.17) is 4.74 Å². The number of aliphatic hydroxyl groups is 1. The number of ether oxygens (including phenoxy) is 1. The van der Waals surface area contributed by atoms with Crippen LogP contribution in [0.4, 0.5) is 0 Å². The molecule has 0 saturated heterocycles. The van der Waals surface area contributed by atoms with E-state index in [1.165, 1.54) is 12.8 Å². The molecule has 90 valence electrons. The van der Waals surface area contributed by atoms with E-state index in [9.17, 15) is 5.11 Å². The summed E-state index contributed by atoms with van der Waals surface area (Å²) in [6.07, 6.45) is 2.52. The van der Waals surface area contributed by atoms with E-state index in [1.807, 2.05) is 0 Å². The third kappa shape index (κ3) is 4.93. The van der Waals surface area contributed by atoms with Crippen molar-refractivity contribution in [1.29, 1.82) is 0 Å². The Morgan fingerprint density at radius 3 is 2.67 bits per heavy atom. The van der Waals surface area contributed by atoms with E-state index in [-0.39, 0.29) is 12.6 Å². The van der Waals surface area contributed by atoms with Crippen LogP contribution in [-0.4, -0.2) is 62.0 Å². The maximum absolute atomic E-state index is 9.24. The van der Waals surface area contributed by atoms with Crippen LogP contribution in [0.3, 0.4) is 0 Å². The summed E-state index contributed by atoms with van der Waals surface area (Å²) in [5.74, 6) is 0. The molecular formula is C11H24N2O2. The number of nitrogens with one attached hydrogen (secondary N) is 1. The molecule has 1 saturated carbocycles. The van der Waals surface area contributed by atoms with Gasteiger partial charge in [0.1, 0.15) is 0 Å². The molecule has 0 amide bonds. The number of hydrogen-bond donors (Lipinski definition) is 2. The highest BCUT2D eigenvalue weighted by molar-refractivity contribution is 4.86. The van der Waals surface area contributed by atoms with Gasteiger partial charge in [-0.2, -0.15) is 0 Å². The molecular weight excluding hydrogens is 192 g/mol. The predicted molar refractivity (Wildman–Crippen MR) is 61.0 cm³/mol. The molecule has 0 aromatic rings. The lowest BCUT2D eigenvalue weighted by molar-refractivity contribution is 0.100. The molecule has 15 heavy (non-hydrogen) atoms. The molecule has 0 aliphatic heterocycles. The van der Waals surface area contributed by atoms with Gasteiger partial charge in [-0.05, 0) is 26.8 Å². The van der Waals surface area contributed by atoms with Crippen LogP contribution in [0.25, 0.3) is 0 Å². The maximum atomic E-state index is 9.24. The van der Waals surface area contributed by atoms with Gasteiger partial charge in [0.05, 0.1) is 13.2 Å². The van der Waals surface area contributed by atoms with Crippen LogP contribution in [-0.2, 0) is 4.74 Å². The van der Waals surface area contributed by atoms with E-state index in [2.05, 4.69) is 24.2 Å². The number of methoxy groups -OCH3 is 1. The van der Waals surface area contributed by atoms with Gasteiger partial charge >= 0.3 is 0 Å². The molecule has 0 aromatic heterocycles. The van der Waals surface area contributed by atoms with E-state index >= 15 is 0 Å². The van der Waals surface area contributed by atoms with Crippen molar-refractivity contribution in [2.24, 2.45) is 0 Å². The first-order valence-corrected chi connectivity index (χ1v) is 5.73. The summed E-state index contributed by atoms with van der Waals surface area (Å²) in [5, 5.41) is 12.7. The molecule has 1 aliphatic rings. The van der Waals surface area contributed by atoms with E-state index < -0.39 is 0 Å². The van der Waals surface area contributed by atoms with Crippen LogP contribution in [0.2, 0.25) is 0 Å². The number of hydrogen-bond acceptors (Lipinski definition) is 4. The second-order valence-electron chi connectivity index (χ2n) is 4.56. The molecule has 4 heteroatoms. The summed E-state index contributed by atoms with van der Waals surface area (Å²) in [6, 6.07) is 1.24. The van der Waals surface area contributed by atoms with Gasteiger partial charge in [0.15, 0.2) is 0 Å². The normalized spacial score (nSPS) is 20.6. The lowest BCUT2D eigenvalue weighted by atomic mass is 10.2. The lowest BCUT2D eigenvalue weighted by Crippen LogP contribution is -2.46. The van der Waals surface area contributed by atoms with Crippen molar-refractivity contribution in [3.63, 3.8) is 0 Å². The number of aliphatic hydroxyl groups excluding tert-OH is 1. The molecule has 1 fully saturated rings. The Morgan fingerprint density at radius 1 is 1.53 bits per heavy atom. The highest BCUT2D eigenvalue weighted by Crippen LogP contribution is 2.19. The Hall–Kier alpha value is -0.160. The number of likely N-dealkylation sites (N-methyl/N-ethyl adjacent to an activating group) is 1. The van der Waals surface area contributed by atoms with Gasteiger partial charge in [-0.3, -0.25) is 4.90 Å². The minimum Gasteiger partial charge on any atom is -0.395 e. The topological polar surface area (TPSA) is 44.7 Å². The molecule has 1 aliphatic carbocycles. The summed E-state index contributed by atoms with van der Waals surface area (Å²) in [5.41, 5.74) is 0. The van der Waals surface area contributed by atoms with E-state index in [0.717, 1.165) is 13.2 Å². The molecule has 2 atom stereocenters. The number of rotatable bonds is 8. The standard InChI is InChI=1S/C11H24N2O2/c1-9(8-15-3)13(2)6-11(7-14)12-10-4-5-10/h9-12,14H,4-8H2,1-3H3. The molecule has 1 rings (SSSR count). The SMILES string of the molecule is COCC(C)N(C)CC(CO)NC1CC1. The lowest BCUT2D eigenvalue weighted by Gasteiger charge is -2.28. The van der Waals surface area contributed by atoms with E-state index in [1.54, 1.807) is 7.11 Å². The van der Waals surface area contributed by atoms with Crippen molar-refractivity contribution in [1.82, 2.24) is 10.2 Å². The average molecular weight is 216 g/mol. The fourth-order valence-electron chi connectivity index (χ4n) is 1.64. The summed E-state index contributed by atoms with van der Waals surface area (Å²) in [6.45, 7) is 3.95.